The van der Waals surface area contributed by atoms with Crippen molar-refractivity contribution in [2.75, 3.05) is 0 Å². The van der Waals surface area contributed by atoms with Crippen molar-refractivity contribution >= 4 is 5.78 Å². The highest BCUT2D eigenvalue weighted by Gasteiger charge is 2.09. The first kappa shape index (κ1) is 10.5. The van der Waals surface area contributed by atoms with Crippen LogP contribution in [0.3, 0.4) is 0 Å². The fourth-order valence-corrected chi connectivity index (χ4v) is 1.48. The summed E-state index contributed by atoms with van der Waals surface area (Å²) in [6, 6.07) is 9.97. The molecule has 0 atom stereocenters. The lowest BCUT2D eigenvalue weighted by molar-refractivity contribution is 0.100. The number of carbonyl (C=O) groups excluding carboxylic acids is 1. The first-order valence-electron chi connectivity index (χ1n) is 5.13. The van der Waals surface area contributed by atoms with Gasteiger partial charge in [0, 0.05) is 6.92 Å². The molecule has 1 heterocycles. The second kappa shape index (κ2) is 4.26. The monoisotopic (exact) mass is 215 g/mol. The van der Waals surface area contributed by atoms with E-state index in [4.69, 9.17) is 0 Å². The molecule has 16 heavy (non-hydrogen) atoms. The van der Waals surface area contributed by atoms with Gasteiger partial charge in [0.25, 0.3) is 0 Å². The molecule has 0 unspecified atom stereocenters. The van der Waals surface area contributed by atoms with Gasteiger partial charge in [0.1, 0.15) is 5.82 Å². The molecule has 0 aliphatic rings. The maximum absolute atomic E-state index is 11.1. The van der Waals surface area contributed by atoms with Gasteiger partial charge in [-0.05, 0) is 12.5 Å². The van der Waals surface area contributed by atoms with Gasteiger partial charge in [0.05, 0.1) is 6.54 Å². The zero-order valence-electron chi connectivity index (χ0n) is 9.34. The van der Waals surface area contributed by atoms with Crippen LogP contribution in [0.4, 0.5) is 0 Å². The molecule has 0 amide bonds. The average Bonchev–Trinajstić information content (AvgIpc) is 2.62. The molecule has 0 radical (unpaired) electrons. The third-order valence-corrected chi connectivity index (χ3v) is 2.35. The molecule has 0 spiro atoms. The number of hydrogen-bond donors (Lipinski definition) is 0. The van der Waals surface area contributed by atoms with Crippen LogP contribution in [-0.2, 0) is 6.54 Å². The first-order valence-corrected chi connectivity index (χ1v) is 5.13. The van der Waals surface area contributed by atoms with Crippen LogP contribution < -0.4 is 0 Å². The number of benzene rings is 1. The number of ketones is 1. The summed E-state index contributed by atoms with van der Waals surface area (Å²) in [4.78, 5) is 15.2. The first-order chi connectivity index (χ1) is 7.66. The minimum absolute atomic E-state index is 0.102. The van der Waals surface area contributed by atoms with Gasteiger partial charge in [-0.3, -0.25) is 4.79 Å². The molecular formula is C12H13N3O. The predicted molar refractivity (Wildman–Crippen MR) is 60.3 cm³/mol. The van der Waals surface area contributed by atoms with Gasteiger partial charge >= 0.3 is 0 Å². The summed E-state index contributed by atoms with van der Waals surface area (Å²) in [5.41, 5.74) is 1.14. The Morgan fingerprint density at radius 2 is 2.00 bits per heavy atom. The van der Waals surface area contributed by atoms with E-state index in [1.807, 2.05) is 37.3 Å². The van der Waals surface area contributed by atoms with Crippen LogP contribution in [0.1, 0.15) is 28.9 Å². The molecule has 0 saturated carbocycles. The van der Waals surface area contributed by atoms with E-state index in [2.05, 4.69) is 10.1 Å². The molecule has 4 heteroatoms. The largest absolute Gasteiger partial charge is 0.291 e. The molecule has 0 N–H and O–H groups in total. The number of aromatic nitrogens is 3. The van der Waals surface area contributed by atoms with Crippen molar-refractivity contribution in [2.45, 2.75) is 20.4 Å². The molecule has 1 aromatic heterocycles. The van der Waals surface area contributed by atoms with Crippen molar-refractivity contribution in [1.82, 2.24) is 14.8 Å². The molecule has 0 aliphatic carbocycles. The molecule has 4 nitrogen and oxygen atoms in total. The SMILES string of the molecule is CC(=O)c1nc(C)n(Cc2ccccc2)n1. The quantitative estimate of drug-likeness (QED) is 0.734. The lowest BCUT2D eigenvalue weighted by Crippen LogP contribution is -2.04. The highest BCUT2D eigenvalue weighted by atomic mass is 16.1. The molecule has 2 rings (SSSR count). The summed E-state index contributed by atoms with van der Waals surface area (Å²) >= 11 is 0. The summed E-state index contributed by atoms with van der Waals surface area (Å²) in [7, 11) is 0. The van der Waals surface area contributed by atoms with Crippen LogP contribution in [0.15, 0.2) is 30.3 Å². The number of rotatable bonds is 3. The van der Waals surface area contributed by atoms with E-state index in [9.17, 15) is 4.79 Å². The van der Waals surface area contributed by atoms with Crippen molar-refractivity contribution in [3.05, 3.63) is 47.5 Å². The Hall–Kier alpha value is -1.97. The lowest BCUT2D eigenvalue weighted by atomic mass is 10.2. The van der Waals surface area contributed by atoms with E-state index in [1.54, 1.807) is 4.68 Å². The smallest absolute Gasteiger partial charge is 0.217 e. The number of Topliss-reactive ketones (excluding diaryl/α,β-unsaturated/α-hetero) is 1. The highest BCUT2D eigenvalue weighted by molar-refractivity contribution is 5.90. The molecule has 0 saturated heterocycles. The minimum Gasteiger partial charge on any atom is -0.291 e. The second-order valence-corrected chi connectivity index (χ2v) is 3.68. The van der Waals surface area contributed by atoms with Gasteiger partial charge in [0.2, 0.25) is 5.82 Å². The van der Waals surface area contributed by atoms with Gasteiger partial charge < -0.3 is 0 Å². The highest BCUT2D eigenvalue weighted by Crippen LogP contribution is 2.04. The maximum Gasteiger partial charge on any atom is 0.217 e. The summed E-state index contributed by atoms with van der Waals surface area (Å²) in [5, 5.41) is 4.16. The van der Waals surface area contributed by atoms with Crippen molar-refractivity contribution in [3.63, 3.8) is 0 Å². The number of carbonyl (C=O) groups is 1. The lowest BCUT2D eigenvalue weighted by Gasteiger charge is -2.02. The third-order valence-electron chi connectivity index (χ3n) is 2.35. The standard InChI is InChI=1S/C12H13N3O/c1-9(16)12-13-10(2)15(14-12)8-11-6-4-3-5-7-11/h3-7H,8H2,1-2H3. The third kappa shape index (κ3) is 2.16. The average molecular weight is 215 g/mol. The Morgan fingerprint density at radius 3 is 2.56 bits per heavy atom. The Balaban J connectivity index is 2.25. The number of hydrogen-bond acceptors (Lipinski definition) is 3. The van der Waals surface area contributed by atoms with E-state index in [0.717, 1.165) is 11.4 Å². The zero-order valence-corrected chi connectivity index (χ0v) is 9.34. The fourth-order valence-electron chi connectivity index (χ4n) is 1.48. The molecule has 0 fully saturated rings. The Labute approximate surface area is 93.9 Å². The summed E-state index contributed by atoms with van der Waals surface area (Å²) < 4.78 is 1.74. The van der Waals surface area contributed by atoms with Crippen molar-refractivity contribution in [3.8, 4) is 0 Å². The number of aryl methyl sites for hydroxylation is 1. The van der Waals surface area contributed by atoms with E-state index in [1.165, 1.54) is 6.92 Å². The molecule has 1 aromatic carbocycles. The summed E-state index contributed by atoms with van der Waals surface area (Å²) in [5.74, 6) is 0.942. The van der Waals surface area contributed by atoms with Crippen LogP contribution in [0.2, 0.25) is 0 Å². The van der Waals surface area contributed by atoms with Gasteiger partial charge in [-0.25, -0.2) is 9.67 Å². The van der Waals surface area contributed by atoms with E-state index < -0.39 is 0 Å². The normalized spacial score (nSPS) is 10.4. The Bertz CT molecular complexity index is 502. The fraction of sp³-hybridized carbons (Fsp3) is 0.250. The van der Waals surface area contributed by atoms with Crippen molar-refractivity contribution in [1.29, 1.82) is 0 Å². The summed E-state index contributed by atoms with van der Waals surface area (Å²) in [6.07, 6.45) is 0. The molecule has 0 bridgehead atoms. The molecule has 82 valence electrons. The second-order valence-electron chi connectivity index (χ2n) is 3.68. The Morgan fingerprint density at radius 1 is 1.31 bits per heavy atom. The van der Waals surface area contributed by atoms with Crippen molar-refractivity contribution in [2.24, 2.45) is 0 Å². The van der Waals surface area contributed by atoms with Gasteiger partial charge in [-0.2, -0.15) is 0 Å². The van der Waals surface area contributed by atoms with Crippen molar-refractivity contribution < 1.29 is 4.79 Å². The predicted octanol–water partition coefficient (Wildman–Crippen LogP) is 1.84. The van der Waals surface area contributed by atoms with E-state index in [0.29, 0.717) is 6.54 Å². The van der Waals surface area contributed by atoms with Crippen LogP contribution >= 0.6 is 0 Å². The van der Waals surface area contributed by atoms with Crippen LogP contribution in [-0.4, -0.2) is 20.5 Å². The molecule has 0 aliphatic heterocycles. The summed E-state index contributed by atoms with van der Waals surface area (Å²) in [6.45, 7) is 3.97. The number of nitrogens with zero attached hydrogens (tertiary/aromatic N) is 3. The molecular weight excluding hydrogens is 202 g/mol. The van der Waals surface area contributed by atoms with Crippen LogP contribution in [0.5, 0.6) is 0 Å². The van der Waals surface area contributed by atoms with Gasteiger partial charge in [-0.15, -0.1) is 5.10 Å². The Kier molecular flexibility index (Phi) is 2.81. The molecule has 2 aromatic rings. The maximum atomic E-state index is 11.1. The van der Waals surface area contributed by atoms with Gasteiger partial charge in [-0.1, -0.05) is 30.3 Å². The minimum atomic E-state index is -0.102. The topological polar surface area (TPSA) is 47.8 Å². The van der Waals surface area contributed by atoms with E-state index >= 15 is 0 Å². The van der Waals surface area contributed by atoms with Crippen LogP contribution in [0.25, 0.3) is 0 Å². The zero-order chi connectivity index (χ0) is 11.5. The van der Waals surface area contributed by atoms with E-state index in [-0.39, 0.29) is 11.6 Å². The van der Waals surface area contributed by atoms with Gasteiger partial charge in [0.15, 0.2) is 5.78 Å². The van der Waals surface area contributed by atoms with Crippen LogP contribution in [0, 0.1) is 6.92 Å².